The largest absolute Gasteiger partial charge is 0.412 e. The number of hydrogen-bond donors (Lipinski definition) is 1. The van der Waals surface area contributed by atoms with Crippen molar-refractivity contribution in [1.29, 1.82) is 0 Å². The number of halogens is 1. The van der Waals surface area contributed by atoms with Gasteiger partial charge in [0.2, 0.25) is 0 Å². The van der Waals surface area contributed by atoms with Gasteiger partial charge in [-0.3, -0.25) is 0 Å². The van der Waals surface area contributed by atoms with Crippen LogP contribution in [0.25, 0.3) is 22.6 Å². The number of ether oxygens (including phenoxy) is 1. The van der Waals surface area contributed by atoms with Crippen molar-refractivity contribution in [3.8, 4) is 28.7 Å². The van der Waals surface area contributed by atoms with Crippen LogP contribution in [0.3, 0.4) is 0 Å². The van der Waals surface area contributed by atoms with Gasteiger partial charge in [0.1, 0.15) is 5.82 Å². The predicted octanol–water partition coefficient (Wildman–Crippen LogP) is 2.62. The minimum atomic E-state index is -0.991. The molecule has 1 aromatic carbocycles. The predicted molar refractivity (Wildman–Crippen MR) is 84.5 cm³/mol. The van der Waals surface area contributed by atoms with Gasteiger partial charge in [0.25, 0.3) is 0 Å². The summed E-state index contributed by atoms with van der Waals surface area (Å²) in [6, 6.07) is 7.54. The van der Waals surface area contributed by atoms with Crippen LogP contribution in [0.1, 0.15) is 6.92 Å². The summed E-state index contributed by atoms with van der Waals surface area (Å²) < 4.78 is 19.8. The van der Waals surface area contributed by atoms with E-state index in [2.05, 4.69) is 15.0 Å². The van der Waals surface area contributed by atoms with E-state index in [1.54, 1.807) is 24.5 Å². The highest BCUT2D eigenvalue weighted by atomic mass is 19.1. The summed E-state index contributed by atoms with van der Waals surface area (Å²) >= 11 is 0. The quantitative estimate of drug-likeness (QED) is 0.794. The Morgan fingerprint density at radius 1 is 1.25 bits per heavy atom. The normalized spacial score (nSPS) is 10.6. The summed E-state index contributed by atoms with van der Waals surface area (Å²) in [5.74, 6) is -0.325. The molecule has 0 aliphatic heterocycles. The van der Waals surface area contributed by atoms with Gasteiger partial charge in [-0.25, -0.2) is 19.2 Å². The van der Waals surface area contributed by atoms with Crippen molar-refractivity contribution in [2.75, 3.05) is 0 Å². The van der Waals surface area contributed by atoms with Gasteiger partial charge in [-0.05, 0) is 37.3 Å². The molecule has 2 heterocycles. The number of primary amides is 1. The molecule has 0 radical (unpaired) electrons. The van der Waals surface area contributed by atoms with Crippen LogP contribution < -0.4 is 10.5 Å². The van der Waals surface area contributed by atoms with Crippen LogP contribution in [0.2, 0.25) is 0 Å². The van der Waals surface area contributed by atoms with Crippen molar-refractivity contribution in [3.63, 3.8) is 0 Å². The Morgan fingerprint density at radius 3 is 2.67 bits per heavy atom. The van der Waals surface area contributed by atoms with Crippen LogP contribution in [0.5, 0.6) is 6.01 Å². The van der Waals surface area contributed by atoms with E-state index in [1.807, 2.05) is 11.5 Å². The van der Waals surface area contributed by atoms with Crippen molar-refractivity contribution in [1.82, 2.24) is 19.5 Å². The molecule has 1 amide bonds. The number of aromatic nitrogens is 4. The highest BCUT2D eigenvalue weighted by molar-refractivity contribution is 5.77. The first-order valence-corrected chi connectivity index (χ1v) is 7.20. The Balaban J connectivity index is 2.11. The van der Waals surface area contributed by atoms with E-state index in [0.29, 0.717) is 23.6 Å². The molecule has 2 aromatic heterocycles. The number of hydrogen-bond acceptors (Lipinski definition) is 5. The molecule has 0 aliphatic rings. The number of amides is 1. The second-order valence-electron chi connectivity index (χ2n) is 4.88. The molecule has 0 bridgehead atoms. The Kier molecular flexibility index (Phi) is 4.19. The average Bonchev–Trinajstić information content (AvgIpc) is 2.99. The second kappa shape index (κ2) is 6.45. The smallest absolute Gasteiger partial charge is 0.374 e. The van der Waals surface area contributed by atoms with Gasteiger partial charge >= 0.3 is 12.1 Å². The molecule has 0 aliphatic carbocycles. The maximum atomic E-state index is 13.2. The molecule has 0 unspecified atom stereocenters. The van der Waals surface area contributed by atoms with E-state index in [4.69, 9.17) is 10.5 Å². The summed E-state index contributed by atoms with van der Waals surface area (Å²) in [7, 11) is 0. The van der Waals surface area contributed by atoms with Crippen LogP contribution in [0, 0.1) is 5.82 Å². The van der Waals surface area contributed by atoms with Crippen LogP contribution >= 0.6 is 0 Å². The Bertz CT molecular complexity index is 876. The number of rotatable bonds is 4. The van der Waals surface area contributed by atoms with Gasteiger partial charge in [0, 0.05) is 18.3 Å². The van der Waals surface area contributed by atoms with E-state index in [1.165, 1.54) is 18.3 Å². The Labute approximate surface area is 136 Å². The molecule has 0 atom stereocenters. The zero-order chi connectivity index (χ0) is 17.1. The van der Waals surface area contributed by atoms with Crippen LogP contribution in [0.15, 0.2) is 42.9 Å². The zero-order valence-corrected chi connectivity index (χ0v) is 12.8. The Hall–Kier alpha value is -3.29. The van der Waals surface area contributed by atoms with Gasteiger partial charge in [-0.2, -0.15) is 4.98 Å². The topological polar surface area (TPSA) is 95.9 Å². The summed E-state index contributed by atoms with van der Waals surface area (Å²) in [6.07, 6.45) is 2.14. The molecule has 0 saturated carbocycles. The van der Waals surface area contributed by atoms with Gasteiger partial charge < -0.3 is 15.0 Å². The number of imidazole rings is 1. The van der Waals surface area contributed by atoms with E-state index in [-0.39, 0.29) is 11.8 Å². The molecule has 8 heteroatoms. The third-order valence-corrected chi connectivity index (χ3v) is 3.36. The standard InChI is InChI=1S/C16H14FN5O2/c1-2-22-9-20-13(10-3-5-11(17)6-4-10)14(22)12-7-8-19-16(21-12)24-15(18)23/h3-9H,2H2,1H3,(H2,18,23). The molecule has 0 saturated heterocycles. The SMILES string of the molecule is CCn1cnc(-c2ccc(F)cc2)c1-c1ccnc(OC(N)=O)n1. The number of aryl methyl sites for hydroxylation is 1. The number of nitrogens with two attached hydrogens (primary N) is 1. The average molecular weight is 327 g/mol. The fraction of sp³-hybridized carbons (Fsp3) is 0.125. The van der Waals surface area contributed by atoms with Crippen molar-refractivity contribution in [3.05, 3.63) is 48.7 Å². The zero-order valence-electron chi connectivity index (χ0n) is 12.8. The molecule has 2 N–H and O–H groups in total. The molecular formula is C16H14FN5O2. The van der Waals surface area contributed by atoms with Crippen LogP contribution in [0.4, 0.5) is 9.18 Å². The highest BCUT2D eigenvalue weighted by Crippen LogP contribution is 2.30. The molecule has 24 heavy (non-hydrogen) atoms. The van der Waals surface area contributed by atoms with E-state index < -0.39 is 6.09 Å². The van der Waals surface area contributed by atoms with Gasteiger partial charge in [0.15, 0.2) is 0 Å². The van der Waals surface area contributed by atoms with Gasteiger partial charge in [0.05, 0.1) is 23.4 Å². The molecule has 3 rings (SSSR count). The first kappa shape index (κ1) is 15.6. The number of nitrogens with zero attached hydrogens (tertiary/aromatic N) is 4. The fourth-order valence-corrected chi connectivity index (χ4v) is 2.32. The molecule has 0 fully saturated rings. The third kappa shape index (κ3) is 3.07. The molecular weight excluding hydrogens is 313 g/mol. The van der Waals surface area contributed by atoms with Gasteiger partial charge in [-0.1, -0.05) is 0 Å². The van der Waals surface area contributed by atoms with Crippen molar-refractivity contribution in [2.45, 2.75) is 13.5 Å². The van der Waals surface area contributed by atoms with E-state index in [0.717, 1.165) is 5.56 Å². The lowest BCUT2D eigenvalue weighted by molar-refractivity contribution is 0.207. The first-order valence-electron chi connectivity index (χ1n) is 7.20. The van der Waals surface area contributed by atoms with Crippen LogP contribution in [-0.2, 0) is 6.54 Å². The summed E-state index contributed by atoms with van der Waals surface area (Å²) in [5, 5.41) is 0. The van der Waals surface area contributed by atoms with E-state index >= 15 is 0 Å². The molecule has 122 valence electrons. The first-order chi connectivity index (χ1) is 11.6. The van der Waals surface area contributed by atoms with Crippen molar-refractivity contribution in [2.24, 2.45) is 5.73 Å². The number of benzene rings is 1. The lowest BCUT2D eigenvalue weighted by Crippen LogP contribution is -2.17. The summed E-state index contributed by atoms with van der Waals surface area (Å²) in [4.78, 5) is 23.3. The summed E-state index contributed by atoms with van der Waals surface area (Å²) in [6.45, 7) is 2.61. The van der Waals surface area contributed by atoms with Gasteiger partial charge in [-0.15, -0.1) is 0 Å². The Morgan fingerprint density at radius 2 is 2.00 bits per heavy atom. The molecule has 3 aromatic rings. The fourth-order valence-electron chi connectivity index (χ4n) is 2.32. The highest BCUT2D eigenvalue weighted by Gasteiger charge is 2.17. The van der Waals surface area contributed by atoms with E-state index in [9.17, 15) is 9.18 Å². The minimum Gasteiger partial charge on any atom is -0.374 e. The maximum Gasteiger partial charge on any atom is 0.412 e. The number of carbonyl (C=O) groups is 1. The minimum absolute atomic E-state index is 0.145. The third-order valence-electron chi connectivity index (χ3n) is 3.36. The molecule has 0 spiro atoms. The molecule has 7 nitrogen and oxygen atoms in total. The monoisotopic (exact) mass is 327 g/mol. The maximum absolute atomic E-state index is 13.2. The lowest BCUT2D eigenvalue weighted by atomic mass is 10.1. The van der Waals surface area contributed by atoms with Crippen molar-refractivity contribution >= 4 is 6.09 Å². The second-order valence-corrected chi connectivity index (χ2v) is 4.88. The lowest BCUT2D eigenvalue weighted by Gasteiger charge is -2.08. The number of carbonyl (C=O) groups excluding carboxylic acids is 1. The van der Waals surface area contributed by atoms with Crippen LogP contribution in [-0.4, -0.2) is 25.6 Å². The van der Waals surface area contributed by atoms with Crippen molar-refractivity contribution < 1.29 is 13.9 Å². The summed E-state index contributed by atoms with van der Waals surface area (Å²) in [5.41, 5.74) is 7.60.